The first-order valence-electron chi connectivity index (χ1n) is 7.05. The van der Waals surface area contributed by atoms with Gasteiger partial charge >= 0.3 is 12.1 Å². The van der Waals surface area contributed by atoms with Crippen LogP contribution in [-0.4, -0.2) is 76.0 Å². The molecule has 1 aromatic heterocycles. The number of aromatic nitrogens is 1. The summed E-state index contributed by atoms with van der Waals surface area (Å²) in [5.41, 5.74) is 0.529. The number of carbonyl (C=O) groups is 2. The van der Waals surface area contributed by atoms with Crippen LogP contribution in [0.4, 0.5) is 21.0 Å². The lowest BCUT2D eigenvalue weighted by molar-refractivity contribution is 0.172. The molecule has 0 aliphatic carbocycles. The maximum Gasteiger partial charge on any atom is 0.319 e. The molecule has 1 heterocycles. The highest BCUT2D eigenvalue weighted by atomic mass is 16.3. The van der Waals surface area contributed by atoms with Crippen LogP contribution in [0.2, 0.25) is 0 Å². The van der Waals surface area contributed by atoms with E-state index in [1.165, 1.54) is 18.5 Å². The van der Waals surface area contributed by atoms with Gasteiger partial charge in [-0.2, -0.15) is 0 Å². The zero-order valence-electron chi connectivity index (χ0n) is 12.8. The molecule has 11 heteroatoms. The van der Waals surface area contributed by atoms with Gasteiger partial charge in [-0.25, -0.2) is 9.59 Å². The van der Waals surface area contributed by atoms with Gasteiger partial charge in [0, 0.05) is 0 Å². The molecule has 24 heavy (non-hydrogen) atoms. The monoisotopic (exact) mass is 343 g/mol. The number of carbonyl (C=O) groups excluding carboxylic acids is 2. The fourth-order valence-corrected chi connectivity index (χ4v) is 1.58. The lowest BCUT2D eigenvalue weighted by Gasteiger charge is -2.15. The molecular formula is C13H21N5O6. The molecular weight excluding hydrogens is 322 g/mol. The van der Waals surface area contributed by atoms with Gasteiger partial charge in [0.05, 0.1) is 62.3 Å². The predicted molar refractivity (Wildman–Crippen MR) is 84.5 cm³/mol. The number of hydrogen-bond acceptors (Lipinski definition) is 7. The zero-order valence-corrected chi connectivity index (χ0v) is 12.8. The first-order valence-corrected chi connectivity index (χ1v) is 7.05. The van der Waals surface area contributed by atoms with Crippen LogP contribution < -0.4 is 21.3 Å². The summed E-state index contributed by atoms with van der Waals surface area (Å²) in [4.78, 5) is 27.2. The average molecular weight is 343 g/mol. The molecule has 0 bridgehead atoms. The van der Waals surface area contributed by atoms with Gasteiger partial charge in [-0.05, 0) is 6.07 Å². The maximum atomic E-state index is 11.7. The summed E-state index contributed by atoms with van der Waals surface area (Å²) in [7, 11) is 0. The largest absolute Gasteiger partial charge is 0.394 e. The number of aliphatic hydroxyl groups is 4. The van der Waals surface area contributed by atoms with E-state index in [0.29, 0.717) is 0 Å². The van der Waals surface area contributed by atoms with Gasteiger partial charge in [-0.15, -0.1) is 0 Å². The van der Waals surface area contributed by atoms with Crippen molar-refractivity contribution in [3.8, 4) is 0 Å². The predicted octanol–water partition coefficient (Wildman–Crippen LogP) is -1.97. The molecule has 0 saturated heterocycles. The van der Waals surface area contributed by atoms with E-state index in [1.54, 1.807) is 0 Å². The summed E-state index contributed by atoms with van der Waals surface area (Å²) in [5, 5.41) is 45.1. The Morgan fingerprint density at radius 3 is 1.54 bits per heavy atom. The fourth-order valence-electron chi connectivity index (χ4n) is 1.58. The van der Waals surface area contributed by atoms with Gasteiger partial charge in [-0.3, -0.25) is 4.98 Å². The molecule has 0 aliphatic heterocycles. The van der Waals surface area contributed by atoms with Gasteiger partial charge in [0.15, 0.2) is 0 Å². The summed E-state index contributed by atoms with van der Waals surface area (Å²) >= 11 is 0. The Kier molecular flexibility index (Phi) is 8.43. The second kappa shape index (κ2) is 10.3. The second-order valence-corrected chi connectivity index (χ2v) is 4.78. The number of anilines is 2. The lowest BCUT2D eigenvalue weighted by atomic mass is 10.3. The number of urea groups is 2. The van der Waals surface area contributed by atoms with E-state index in [2.05, 4.69) is 26.3 Å². The molecule has 8 N–H and O–H groups in total. The minimum atomic E-state index is -0.793. The van der Waals surface area contributed by atoms with E-state index in [0.717, 1.165) is 0 Å². The molecule has 11 nitrogen and oxygen atoms in total. The number of nitrogens with one attached hydrogen (secondary N) is 4. The summed E-state index contributed by atoms with van der Waals surface area (Å²) in [5.74, 6) is 0. The Hall–Kier alpha value is -2.47. The normalized spacial score (nSPS) is 10.6. The van der Waals surface area contributed by atoms with Crippen molar-refractivity contribution in [2.24, 2.45) is 0 Å². The minimum Gasteiger partial charge on any atom is -0.394 e. The van der Waals surface area contributed by atoms with Crippen molar-refractivity contribution in [2.45, 2.75) is 12.1 Å². The van der Waals surface area contributed by atoms with E-state index < -0.39 is 50.6 Å². The molecule has 0 saturated carbocycles. The Morgan fingerprint density at radius 1 is 0.833 bits per heavy atom. The number of nitrogens with zero attached hydrogens (tertiary/aromatic N) is 1. The maximum absolute atomic E-state index is 11.7. The third-order valence-corrected chi connectivity index (χ3v) is 2.81. The van der Waals surface area contributed by atoms with E-state index in [9.17, 15) is 9.59 Å². The van der Waals surface area contributed by atoms with Gasteiger partial charge in [0.1, 0.15) is 0 Å². The lowest BCUT2D eigenvalue weighted by Crippen LogP contribution is -2.42. The van der Waals surface area contributed by atoms with Crippen molar-refractivity contribution in [3.05, 3.63) is 18.5 Å². The van der Waals surface area contributed by atoms with E-state index >= 15 is 0 Å². The van der Waals surface area contributed by atoms with Crippen LogP contribution in [0.15, 0.2) is 18.5 Å². The Bertz CT molecular complexity index is 492. The zero-order chi connectivity index (χ0) is 17.9. The van der Waals surface area contributed by atoms with E-state index in [1.807, 2.05) is 0 Å². The van der Waals surface area contributed by atoms with Crippen LogP contribution >= 0.6 is 0 Å². The average Bonchev–Trinajstić information content (AvgIpc) is 2.57. The van der Waals surface area contributed by atoms with Crippen molar-refractivity contribution < 1.29 is 30.0 Å². The van der Waals surface area contributed by atoms with Crippen molar-refractivity contribution in [1.29, 1.82) is 0 Å². The van der Waals surface area contributed by atoms with Crippen molar-refractivity contribution in [2.75, 3.05) is 37.1 Å². The molecule has 0 spiro atoms. The summed E-state index contributed by atoms with van der Waals surface area (Å²) in [6.07, 6.45) is 2.67. The molecule has 134 valence electrons. The van der Waals surface area contributed by atoms with Crippen LogP contribution in [0.25, 0.3) is 0 Å². The molecule has 1 aromatic rings. The number of pyridine rings is 1. The standard InChI is InChI=1S/C13H21N5O6/c19-4-10(5-20)17-12(23)15-8-1-9(3-14-2-8)16-13(24)18-11(6-21)7-22/h1-3,10-11,19-22H,4-7H2,(H2,15,17,23)(H2,16,18,24). The Morgan fingerprint density at radius 2 is 1.21 bits per heavy atom. The van der Waals surface area contributed by atoms with Crippen LogP contribution in [0.1, 0.15) is 0 Å². The molecule has 0 radical (unpaired) electrons. The summed E-state index contributed by atoms with van der Waals surface area (Å²) in [6, 6.07) is -1.48. The molecule has 0 aromatic carbocycles. The molecule has 0 atom stereocenters. The number of hydrogen-bond donors (Lipinski definition) is 8. The van der Waals surface area contributed by atoms with Crippen molar-refractivity contribution in [1.82, 2.24) is 15.6 Å². The third-order valence-electron chi connectivity index (χ3n) is 2.81. The Labute approximate surface area is 137 Å². The highest BCUT2D eigenvalue weighted by Crippen LogP contribution is 2.12. The first kappa shape index (κ1) is 19.6. The van der Waals surface area contributed by atoms with Crippen molar-refractivity contribution in [3.63, 3.8) is 0 Å². The molecule has 4 amide bonds. The Balaban J connectivity index is 2.60. The highest BCUT2D eigenvalue weighted by molar-refractivity contribution is 5.92. The van der Waals surface area contributed by atoms with Crippen LogP contribution in [0.5, 0.6) is 0 Å². The number of amides is 4. The van der Waals surface area contributed by atoms with E-state index in [-0.39, 0.29) is 11.4 Å². The van der Waals surface area contributed by atoms with E-state index in [4.69, 9.17) is 20.4 Å². The molecule has 0 aliphatic rings. The SMILES string of the molecule is O=C(Nc1cncc(NC(=O)NC(CO)CO)c1)NC(CO)CO. The third kappa shape index (κ3) is 6.75. The van der Waals surface area contributed by atoms with Crippen molar-refractivity contribution >= 4 is 23.4 Å². The molecule has 0 unspecified atom stereocenters. The molecule has 1 rings (SSSR count). The van der Waals surface area contributed by atoms with Gasteiger partial charge in [0.25, 0.3) is 0 Å². The number of rotatable bonds is 8. The second-order valence-electron chi connectivity index (χ2n) is 4.78. The highest BCUT2D eigenvalue weighted by Gasteiger charge is 2.12. The van der Waals surface area contributed by atoms with Gasteiger partial charge in [-0.1, -0.05) is 0 Å². The summed E-state index contributed by atoms with van der Waals surface area (Å²) in [6.45, 7) is -1.66. The summed E-state index contributed by atoms with van der Waals surface area (Å²) < 4.78 is 0. The fraction of sp³-hybridized carbons (Fsp3) is 0.462. The van der Waals surface area contributed by atoms with Crippen LogP contribution in [-0.2, 0) is 0 Å². The molecule has 0 fully saturated rings. The minimum absolute atomic E-state index is 0.265. The topological polar surface area (TPSA) is 176 Å². The quantitative estimate of drug-likeness (QED) is 0.270. The smallest absolute Gasteiger partial charge is 0.319 e. The first-order chi connectivity index (χ1) is 11.5. The van der Waals surface area contributed by atoms with Gasteiger partial charge in [0.2, 0.25) is 0 Å². The van der Waals surface area contributed by atoms with Gasteiger partial charge < -0.3 is 41.7 Å². The van der Waals surface area contributed by atoms with Crippen LogP contribution in [0.3, 0.4) is 0 Å². The van der Waals surface area contributed by atoms with Crippen LogP contribution in [0, 0.1) is 0 Å². The number of aliphatic hydroxyl groups excluding tert-OH is 4.